The molecule has 0 aromatic carbocycles. The summed E-state index contributed by atoms with van der Waals surface area (Å²) in [6, 6.07) is 0. The molecule has 1 rings (SSSR count). The van der Waals surface area contributed by atoms with Gasteiger partial charge in [-0.1, -0.05) is 64.1 Å². The van der Waals surface area contributed by atoms with Gasteiger partial charge in [-0.05, 0) is 30.2 Å². The lowest BCUT2D eigenvalue weighted by atomic mass is 9.73. The zero-order chi connectivity index (χ0) is 10.9. The van der Waals surface area contributed by atoms with Crippen molar-refractivity contribution in [1.29, 1.82) is 0 Å². The highest BCUT2D eigenvalue weighted by molar-refractivity contribution is 6.25. The van der Waals surface area contributed by atoms with Crippen LogP contribution in [-0.4, -0.2) is 0 Å². The Morgan fingerprint density at radius 3 is 2.21 bits per heavy atom. The molecule has 0 aliphatic heterocycles. The first-order valence-corrected chi connectivity index (χ1v) is 6.33. The van der Waals surface area contributed by atoms with Crippen molar-refractivity contribution in [3.05, 3.63) is 12.1 Å². The molecule has 0 nitrogen and oxygen atoms in total. The third kappa shape index (κ3) is 6.48. The minimum Gasteiger partial charge on any atom is -0.0936 e. The highest BCUT2D eigenvalue weighted by Crippen LogP contribution is 2.39. The van der Waals surface area contributed by atoms with E-state index in [1.807, 2.05) is 0 Å². The molecular weight excluding hydrogens is 192 g/mol. The van der Waals surface area contributed by atoms with Crippen LogP contribution >= 0.6 is 11.6 Å². The maximum atomic E-state index is 4.76. The molecule has 0 radical (unpaired) electrons. The molecule has 0 amide bonds. The first kappa shape index (κ1) is 14.0. The number of hydrogen-bond donors (Lipinski definition) is 0. The smallest absolute Gasteiger partial charge is 0.00296 e. The van der Waals surface area contributed by atoms with Crippen molar-refractivity contribution >= 4 is 11.6 Å². The molecule has 0 heterocycles. The van der Waals surface area contributed by atoms with Gasteiger partial charge in [0.2, 0.25) is 0 Å². The third-order valence-corrected chi connectivity index (χ3v) is 3.19. The van der Waals surface area contributed by atoms with Crippen molar-refractivity contribution in [2.75, 3.05) is 0 Å². The summed E-state index contributed by atoms with van der Waals surface area (Å²) in [7, 11) is 0. The molecule has 0 bridgehead atoms. The largest absolute Gasteiger partial charge is 0.0936 e. The van der Waals surface area contributed by atoms with E-state index in [1.165, 1.54) is 56.9 Å². The first-order chi connectivity index (χ1) is 6.68. The highest BCUT2D eigenvalue weighted by atomic mass is 35.5. The van der Waals surface area contributed by atoms with Crippen molar-refractivity contribution in [3.8, 4) is 0 Å². The monoisotopic (exact) mass is 216 g/mol. The van der Waals surface area contributed by atoms with Gasteiger partial charge in [0.1, 0.15) is 0 Å². The SMILES string of the molecule is C=CCl.CCCCC1(C)CCCCC1. The first-order valence-electron chi connectivity index (χ1n) is 5.89. The van der Waals surface area contributed by atoms with Crippen LogP contribution in [0.3, 0.4) is 0 Å². The number of rotatable bonds is 3. The Kier molecular flexibility index (Phi) is 8.37. The number of unbranched alkanes of at least 4 members (excludes halogenated alkanes) is 1. The Morgan fingerprint density at radius 2 is 1.79 bits per heavy atom. The highest BCUT2D eigenvalue weighted by Gasteiger charge is 2.25. The van der Waals surface area contributed by atoms with Gasteiger partial charge in [-0.25, -0.2) is 0 Å². The van der Waals surface area contributed by atoms with Gasteiger partial charge in [0.05, 0.1) is 0 Å². The normalized spacial score (nSPS) is 19.4. The maximum absolute atomic E-state index is 4.76. The molecule has 0 saturated heterocycles. The molecule has 0 aromatic rings. The van der Waals surface area contributed by atoms with E-state index < -0.39 is 0 Å². The molecule has 0 aromatic heterocycles. The van der Waals surface area contributed by atoms with Gasteiger partial charge in [-0.15, -0.1) is 0 Å². The Morgan fingerprint density at radius 1 is 1.29 bits per heavy atom. The molecule has 14 heavy (non-hydrogen) atoms. The Labute approximate surface area is 94.7 Å². The van der Waals surface area contributed by atoms with Crippen LogP contribution in [0.15, 0.2) is 12.1 Å². The van der Waals surface area contributed by atoms with Crippen LogP contribution in [0.4, 0.5) is 0 Å². The molecule has 84 valence electrons. The van der Waals surface area contributed by atoms with E-state index in [4.69, 9.17) is 11.6 Å². The van der Waals surface area contributed by atoms with Gasteiger partial charge in [0, 0.05) is 0 Å². The fraction of sp³-hybridized carbons (Fsp3) is 0.846. The lowest BCUT2D eigenvalue weighted by molar-refractivity contribution is 0.194. The van der Waals surface area contributed by atoms with E-state index in [0.29, 0.717) is 0 Å². The molecule has 0 spiro atoms. The standard InChI is InChI=1S/C11H22.C2H3Cl/c1-3-4-8-11(2)9-6-5-7-10-11;1-2-3/h3-10H2,1-2H3;2H,1H2. The van der Waals surface area contributed by atoms with Gasteiger partial charge < -0.3 is 0 Å². The Balaban J connectivity index is 0.000000500. The van der Waals surface area contributed by atoms with Crippen LogP contribution in [0.25, 0.3) is 0 Å². The second-order valence-electron chi connectivity index (χ2n) is 4.63. The fourth-order valence-corrected chi connectivity index (χ4v) is 2.26. The Hall–Kier alpha value is 0.0300. The topological polar surface area (TPSA) is 0 Å². The lowest BCUT2D eigenvalue weighted by Crippen LogP contribution is -2.19. The van der Waals surface area contributed by atoms with E-state index in [9.17, 15) is 0 Å². The second kappa shape index (κ2) is 8.35. The second-order valence-corrected chi connectivity index (χ2v) is 4.94. The van der Waals surface area contributed by atoms with Crippen LogP contribution < -0.4 is 0 Å². The quantitative estimate of drug-likeness (QED) is 0.583. The van der Waals surface area contributed by atoms with E-state index in [1.54, 1.807) is 0 Å². The van der Waals surface area contributed by atoms with Crippen LogP contribution in [0.5, 0.6) is 0 Å². The molecule has 1 heteroatoms. The summed E-state index contributed by atoms with van der Waals surface area (Å²) in [5.41, 5.74) is 1.95. The van der Waals surface area contributed by atoms with Crippen LogP contribution in [0.1, 0.15) is 65.2 Å². The van der Waals surface area contributed by atoms with Crippen molar-refractivity contribution in [1.82, 2.24) is 0 Å². The predicted octanol–water partition coefficient (Wildman–Crippen LogP) is 5.52. The van der Waals surface area contributed by atoms with Gasteiger partial charge >= 0.3 is 0 Å². The minimum atomic E-state index is 0.730. The van der Waals surface area contributed by atoms with Gasteiger partial charge in [-0.3, -0.25) is 0 Å². The molecule has 1 aliphatic rings. The van der Waals surface area contributed by atoms with Crippen molar-refractivity contribution in [2.45, 2.75) is 65.2 Å². The molecule has 1 fully saturated rings. The van der Waals surface area contributed by atoms with Crippen molar-refractivity contribution in [2.24, 2.45) is 5.41 Å². The molecular formula is C13H25Cl. The molecule has 0 N–H and O–H groups in total. The van der Waals surface area contributed by atoms with Gasteiger partial charge in [-0.2, -0.15) is 0 Å². The van der Waals surface area contributed by atoms with Crippen molar-refractivity contribution < 1.29 is 0 Å². The summed E-state index contributed by atoms with van der Waals surface area (Å²) in [6.45, 7) is 7.91. The molecule has 1 aliphatic carbocycles. The van der Waals surface area contributed by atoms with Crippen LogP contribution in [0.2, 0.25) is 0 Å². The van der Waals surface area contributed by atoms with E-state index in [2.05, 4.69) is 20.4 Å². The number of halogens is 1. The maximum Gasteiger partial charge on any atom is -0.00296 e. The molecule has 0 unspecified atom stereocenters. The van der Waals surface area contributed by atoms with E-state index in [-0.39, 0.29) is 0 Å². The summed E-state index contributed by atoms with van der Waals surface area (Å²) in [5.74, 6) is 0. The summed E-state index contributed by atoms with van der Waals surface area (Å²) in [5, 5.41) is 0. The van der Waals surface area contributed by atoms with Crippen LogP contribution in [0, 0.1) is 5.41 Å². The predicted molar refractivity (Wildman–Crippen MR) is 66.8 cm³/mol. The van der Waals surface area contributed by atoms with Gasteiger partial charge in [0.25, 0.3) is 0 Å². The molecule has 0 atom stereocenters. The van der Waals surface area contributed by atoms with E-state index in [0.717, 1.165) is 5.41 Å². The zero-order valence-electron chi connectivity index (χ0n) is 9.82. The van der Waals surface area contributed by atoms with E-state index >= 15 is 0 Å². The third-order valence-electron chi connectivity index (χ3n) is 3.19. The number of hydrogen-bond acceptors (Lipinski definition) is 0. The summed E-state index contributed by atoms with van der Waals surface area (Å²) >= 11 is 4.76. The average Bonchev–Trinajstić information content (AvgIpc) is 2.17. The minimum absolute atomic E-state index is 0.730. The van der Waals surface area contributed by atoms with Crippen LogP contribution in [-0.2, 0) is 0 Å². The average molecular weight is 217 g/mol. The molecule has 1 saturated carbocycles. The summed E-state index contributed by atoms with van der Waals surface area (Å²) < 4.78 is 0. The summed E-state index contributed by atoms with van der Waals surface area (Å²) in [4.78, 5) is 0. The van der Waals surface area contributed by atoms with Gasteiger partial charge in [0.15, 0.2) is 0 Å². The fourth-order valence-electron chi connectivity index (χ4n) is 2.26. The lowest BCUT2D eigenvalue weighted by Gasteiger charge is -2.33. The zero-order valence-corrected chi connectivity index (χ0v) is 10.6. The Bertz CT molecular complexity index is 134. The van der Waals surface area contributed by atoms with Crippen molar-refractivity contribution in [3.63, 3.8) is 0 Å². The summed E-state index contributed by atoms with van der Waals surface area (Å²) in [6.07, 6.45) is 11.7.